The van der Waals surface area contributed by atoms with Gasteiger partial charge < -0.3 is 0 Å². The van der Waals surface area contributed by atoms with E-state index in [1.165, 1.54) is 0 Å². The van der Waals surface area contributed by atoms with E-state index in [4.69, 9.17) is 11.6 Å². The molecule has 0 aromatic heterocycles. The highest BCUT2D eigenvalue weighted by Crippen LogP contribution is 2.17. The van der Waals surface area contributed by atoms with E-state index < -0.39 is 11.0 Å². The van der Waals surface area contributed by atoms with Crippen molar-refractivity contribution in [3.63, 3.8) is 0 Å². The van der Waals surface area contributed by atoms with Gasteiger partial charge in [0.05, 0.1) is 0 Å². The first-order valence-electron chi connectivity index (χ1n) is 6.02. The summed E-state index contributed by atoms with van der Waals surface area (Å²) in [6, 6.07) is 7.84. The standard InChI is InChI=1S/C14H20ClNOS/c1-11(16-18(17)14(2,3)4)9-10-12-7-5-6-8-13(12)15/h5-8H,9-10H2,1-4H3/p+1. The van der Waals surface area contributed by atoms with Gasteiger partial charge in [-0.3, -0.25) is 0 Å². The summed E-state index contributed by atoms with van der Waals surface area (Å²) in [5.41, 5.74) is 2.10. The van der Waals surface area contributed by atoms with E-state index in [9.17, 15) is 4.21 Å². The zero-order valence-electron chi connectivity index (χ0n) is 11.4. The zero-order valence-corrected chi connectivity index (χ0v) is 13.0. The van der Waals surface area contributed by atoms with E-state index in [-0.39, 0.29) is 4.75 Å². The predicted molar refractivity (Wildman–Crippen MR) is 81.9 cm³/mol. The van der Waals surface area contributed by atoms with Crippen LogP contribution in [0.15, 0.2) is 28.7 Å². The number of hydrogen-bond acceptors (Lipinski definition) is 0. The molecular formula is C14H21ClNOS+. The van der Waals surface area contributed by atoms with Gasteiger partial charge in [0.15, 0.2) is 0 Å². The molecule has 0 saturated carbocycles. The monoisotopic (exact) mass is 286 g/mol. The molecule has 0 saturated heterocycles. The summed E-state index contributed by atoms with van der Waals surface area (Å²) in [4.78, 5) is 0. The molecule has 0 aliphatic rings. The second kappa shape index (κ2) is 6.48. The molecule has 1 aromatic rings. The molecule has 0 aliphatic heterocycles. The molecule has 100 valence electrons. The highest BCUT2D eigenvalue weighted by molar-refractivity contribution is 7.85. The Labute approximate surface area is 117 Å². The Bertz CT molecular complexity index is 463. The minimum Gasteiger partial charge on any atom is -0.227 e. The predicted octanol–water partition coefficient (Wildman–Crippen LogP) is 4.35. The third kappa shape index (κ3) is 4.91. The van der Waals surface area contributed by atoms with Gasteiger partial charge in [-0.1, -0.05) is 29.8 Å². The van der Waals surface area contributed by atoms with Crippen LogP contribution < -0.4 is 0 Å². The van der Waals surface area contributed by atoms with E-state index in [0.717, 1.165) is 29.1 Å². The number of rotatable bonds is 4. The van der Waals surface area contributed by atoms with Crippen molar-refractivity contribution in [2.45, 2.75) is 45.3 Å². The van der Waals surface area contributed by atoms with Crippen molar-refractivity contribution < 1.29 is 4.21 Å². The van der Waals surface area contributed by atoms with Crippen molar-refractivity contribution in [3.8, 4) is 0 Å². The second-order valence-corrected chi connectivity index (χ2v) is 7.64. The van der Waals surface area contributed by atoms with E-state index >= 15 is 0 Å². The Hall–Kier alpha value is -0.670. The Morgan fingerprint density at radius 3 is 2.50 bits per heavy atom. The van der Waals surface area contributed by atoms with Gasteiger partial charge in [0.25, 0.3) is 0 Å². The molecule has 0 aliphatic carbocycles. The lowest BCUT2D eigenvalue weighted by atomic mass is 10.1. The number of benzene rings is 1. The number of halogens is 1. The van der Waals surface area contributed by atoms with Crippen molar-refractivity contribution in [1.29, 1.82) is 0 Å². The van der Waals surface area contributed by atoms with E-state index in [2.05, 4.69) is 4.40 Å². The molecule has 0 amide bonds. The zero-order chi connectivity index (χ0) is 13.8. The summed E-state index contributed by atoms with van der Waals surface area (Å²) in [5, 5.41) is 0.795. The molecule has 0 fully saturated rings. The van der Waals surface area contributed by atoms with Gasteiger partial charge >= 0.3 is 11.0 Å². The molecule has 0 radical (unpaired) electrons. The average molecular weight is 287 g/mol. The second-order valence-electron chi connectivity index (χ2n) is 5.29. The number of nitrogens with zero attached hydrogens (tertiary/aromatic N) is 1. The van der Waals surface area contributed by atoms with Gasteiger partial charge in [-0.05, 0) is 52.2 Å². The Morgan fingerprint density at radius 2 is 1.94 bits per heavy atom. The molecule has 0 bridgehead atoms. The van der Waals surface area contributed by atoms with Crippen LogP contribution in [-0.4, -0.2) is 14.7 Å². The third-order valence-corrected chi connectivity index (χ3v) is 4.45. The third-order valence-electron chi connectivity index (χ3n) is 2.50. The fourth-order valence-corrected chi connectivity index (χ4v) is 2.24. The van der Waals surface area contributed by atoms with Gasteiger partial charge in [-0.25, -0.2) is 4.21 Å². The minimum atomic E-state index is -0.926. The molecule has 2 nitrogen and oxygen atoms in total. The van der Waals surface area contributed by atoms with Gasteiger partial charge in [0.1, 0.15) is 4.75 Å². The first kappa shape index (κ1) is 15.4. The van der Waals surface area contributed by atoms with Crippen LogP contribution in [0.1, 0.15) is 39.7 Å². The SMILES string of the molecule is CC(CCc1ccccc1Cl)=NS(=[OH+])C(C)(C)C. The molecule has 1 rings (SSSR count). The largest absolute Gasteiger partial charge is 0.316 e. The first-order chi connectivity index (χ1) is 8.30. The van der Waals surface area contributed by atoms with Crippen LogP contribution in [0.25, 0.3) is 0 Å². The topological polar surface area (TPSA) is 33.8 Å². The van der Waals surface area contributed by atoms with Crippen molar-refractivity contribution >= 4 is 28.3 Å². The van der Waals surface area contributed by atoms with Crippen molar-refractivity contribution in [1.82, 2.24) is 0 Å². The molecule has 18 heavy (non-hydrogen) atoms. The summed E-state index contributed by atoms with van der Waals surface area (Å²) >= 11 is 6.10. The van der Waals surface area contributed by atoms with Gasteiger partial charge in [0, 0.05) is 10.7 Å². The van der Waals surface area contributed by atoms with Crippen LogP contribution in [-0.2, 0) is 17.4 Å². The quantitative estimate of drug-likeness (QED) is 0.582. The molecule has 0 heterocycles. The lowest BCUT2D eigenvalue weighted by molar-refractivity contribution is 0.683. The summed E-state index contributed by atoms with van der Waals surface area (Å²) in [6.07, 6.45) is 1.68. The Balaban J connectivity index is 2.62. The smallest absolute Gasteiger partial charge is 0.227 e. The highest BCUT2D eigenvalue weighted by Gasteiger charge is 2.25. The molecule has 4 heteroatoms. The van der Waals surface area contributed by atoms with Gasteiger partial charge in [-0.2, -0.15) is 4.40 Å². The number of aryl methyl sites for hydroxylation is 1. The van der Waals surface area contributed by atoms with Crippen LogP contribution in [0, 0.1) is 0 Å². The van der Waals surface area contributed by atoms with Crippen LogP contribution in [0.2, 0.25) is 5.02 Å². The molecule has 1 aromatic carbocycles. The van der Waals surface area contributed by atoms with Crippen LogP contribution in [0.3, 0.4) is 0 Å². The summed E-state index contributed by atoms with van der Waals surface area (Å²) in [7, 11) is -0.926. The fourth-order valence-electron chi connectivity index (χ4n) is 1.35. The normalized spacial score (nSPS) is 14.6. The summed E-state index contributed by atoms with van der Waals surface area (Å²) in [5.74, 6) is 0. The Morgan fingerprint density at radius 1 is 1.33 bits per heavy atom. The first-order valence-corrected chi connectivity index (χ1v) is 7.53. The molecule has 0 spiro atoms. The van der Waals surface area contributed by atoms with E-state index in [1.54, 1.807) is 0 Å². The average Bonchev–Trinajstić information content (AvgIpc) is 2.26. The van der Waals surface area contributed by atoms with Gasteiger partial charge in [-0.15, -0.1) is 0 Å². The fraction of sp³-hybridized carbons (Fsp3) is 0.500. The Kier molecular flexibility index (Phi) is 5.54. The maximum atomic E-state index is 9.92. The lowest BCUT2D eigenvalue weighted by Gasteiger charge is -2.09. The summed E-state index contributed by atoms with van der Waals surface area (Å²) in [6.45, 7) is 7.92. The maximum absolute atomic E-state index is 9.92. The minimum absolute atomic E-state index is 0.189. The molecule has 1 N–H and O–H groups in total. The van der Waals surface area contributed by atoms with E-state index in [1.807, 2.05) is 52.0 Å². The van der Waals surface area contributed by atoms with Crippen LogP contribution in [0.4, 0.5) is 0 Å². The number of hydrogen-bond donors (Lipinski definition) is 0. The molecular weight excluding hydrogens is 266 g/mol. The van der Waals surface area contributed by atoms with Crippen LogP contribution in [0.5, 0.6) is 0 Å². The summed E-state index contributed by atoms with van der Waals surface area (Å²) < 4.78 is 14.1. The van der Waals surface area contributed by atoms with Crippen LogP contribution >= 0.6 is 11.6 Å². The highest BCUT2D eigenvalue weighted by atomic mass is 35.5. The van der Waals surface area contributed by atoms with Crippen molar-refractivity contribution in [2.24, 2.45) is 4.40 Å². The van der Waals surface area contributed by atoms with Crippen molar-refractivity contribution in [2.75, 3.05) is 0 Å². The lowest BCUT2D eigenvalue weighted by Crippen LogP contribution is -2.20. The van der Waals surface area contributed by atoms with Crippen molar-refractivity contribution in [3.05, 3.63) is 34.9 Å². The molecule has 1 unspecified atom stereocenters. The maximum Gasteiger partial charge on any atom is 0.316 e. The molecule has 1 atom stereocenters. The van der Waals surface area contributed by atoms with Gasteiger partial charge in [0.2, 0.25) is 0 Å². The van der Waals surface area contributed by atoms with E-state index in [0.29, 0.717) is 0 Å².